The lowest BCUT2D eigenvalue weighted by Crippen LogP contribution is -2.30. The maximum Gasteiger partial charge on any atom is 0.229 e. The van der Waals surface area contributed by atoms with Crippen molar-refractivity contribution in [3.63, 3.8) is 0 Å². The number of carbonyl (C=O) groups excluding carboxylic acids is 1. The second-order valence-corrected chi connectivity index (χ2v) is 7.38. The van der Waals surface area contributed by atoms with Gasteiger partial charge in [0.25, 0.3) is 0 Å². The molecule has 1 atom stereocenters. The minimum atomic E-state index is -0.421. The van der Waals surface area contributed by atoms with Gasteiger partial charge < -0.3 is 15.4 Å². The van der Waals surface area contributed by atoms with E-state index in [4.69, 9.17) is 4.74 Å². The fourth-order valence-corrected chi connectivity index (χ4v) is 2.81. The number of hydrogen-bond donors (Lipinski definition) is 2. The molecule has 1 heterocycles. The number of rotatable bonds is 5. The normalized spacial score (nSPS) is 18.5. The molecule has 0 bridgehead atoms. The molecule has 1 amide bonds. The molecule has 1 unspecified atom stereocenters. The molecule has 4 nitrogen and oxygen atoms in total. The van der Waals surface area contributed by atoms with E-state index in [1.807, 2.05) is 33.8 Å². The third-order valence-electron chi connectivity index (χ3n) is 4.20. The van der Waals surface area contributed by atoms with E-state index in [0.29, 0.717) is 12.5 Å². The van der Waals surface area contributed by atoms with Crippen LogP contribution in [0, 0.1) is 11.3 Å². The summed E-state index contributed by atoms with van der Waals surface area (Å²) >= 11 is 0. The van der Waals surface area contributed by atoms with Crippen molar-refractivity contribution in [3.05, 3.63) is 23.8 Å². The highest BCUT2D eigenvalue weighted by Gasteiger charge is 2.22. The zero-order chi connectivity index (χ0) is 16.9. The largest absolute Gasteiger partial charge is 0.492 e. The van der Waals surface area contributed by atoms with E-state index in [-0.39, 0.29) is 5.91 Å². The highest BCUT2D eigenvalue weighted by Crippen LogP contribution is 2.29. The zero-order valence-electron chi connectivity index (χ0n) is 14.9. The van der Waals surface area contributed by atoms with Gasteiger partial charge in [0, 0.05) is 5.41 Å². The van der Waals surface area contributed by atoms with E-state index in [1.165, 1.54) is 18.4 Å². The van der Waals surface area contributed by atoms with Gasteiger partial charge in [-0.1, -0.05) is 26.8 Å². The van der Waals surface area contributed by atoms with E-state index in [1.54, 1.807) is 0 Å². The summed E-state index contributed by atoms with van der Waals surface area (Å²) in [5.41, 5.74) is 1.61. The van der Waals surface area contributed by atoms with Gasteiger partial charge in [0.05, 0.1) is 12.3 Å². The average molecular weight is 318 g/mol. The minimum absolute atomic E-state index is 0.00248. The van der Waals surface area contributed by atoms with Crippen LogP contribution in [0.1, 0.15) is 46.1 Å². The Morgan fingerprint density at radius 3 is 2.78 bits per heavy atom. The Morgan fingerprint density at radius 2 is 2.17 bits per heavy atom. The van der Waals surface area contributed by atoms with E-state index in [2.05, 4.69) is 22.8 Å². The average Bonchev–Trinajstić information content (AvgIpc) is 2.50. The number of amides is 1. The topological polar surface area (TPSA) is 50.4 Å². The van der Waals surface area contributed by atoms with Crippen molar-refractivity contribution in [1.82, 2.24) is 5.32 Å². The lowest BCUT2D eigenvalue weighted by molar-refractivity contribution is -0.123. The van der Waals surface area contributed by atoms with Crippen LogP contribution in [0.4, 0.5) is 5.69 Å². The Hall–Kier alpha value is -1.55. The number of hydrogen-bond acceptors (Lipinski definition) is 3. The van der Waals surface area contributed by atoms with Gasteiger partial charge in [0.2, 0.25) is 5.91 Å². The molecule has 23 heavy (non-hydrogen) atoms. The fourth-order valence-electron chi connectivity index (χ4n) is 2.81. The van der Waals surface area contributed by atoms with Crippen molar-refractivity contribution in [3.8, 4) is 5.75 Å². The fraction of sp³-hybridized carbons (Fsp3) is 0.632. The molecule has 1 aromatic rings. The summed E-state index contributed by atoms with van der Waals surface area (Å²) in [5, 5.41) is 6.45. The second kappa shape index (κ2) is 7.82. The maximum absolute atomic E-state index is 12.2. The molecule has 0 saturated carbocycles. The molecule has 0 spiro atoms. The van der Waals surface area contributed by atoms with Gasteiger partial charge >= 0.3 is 0 Å². The van der Waals surface area contributed by atoms with E-state index in [0.717, 1.165) is 30.9 Å². The van der Waals surface area contributed by atoms with E-state index in [9.17, 15) is 4.79 Å². The molecule has 1 saturated heterocycles. The van der Waals surface area contributed by atoms with Crippen LogP contribution in [0.25, 0.3) is 0 Å². The summed E-state index contributed by atoms with van der Waals surface area (Å²) in [6.45, 7) is 10.5. The minimum Gasteiger partial charge on any atom is -0.492 e. The standard InChI is InChI=1S/C19H30N2O2/c1-5-23-17-12-14(11-15-7-6-10-20-13-15)8-9-16(17)21-18(22)19(2,3)4/h8-9,12,15,20H,5-7,10-11,13H2,1-4H3,(H,21,22). The molecule has 2 rings (SSSR count). The number of benzene rings is 1. The summed E-state index contributed by atoms with van der Waals surface area (Å²) < 4.78 is 5.75. The number of piperidine rings is 1. The molecular weight excluding hydrogens is 288 g/mol. The molecule has 2 N–H and O–H groups in total. The van der Waals surface area contributed by atoms with Gasteiger partial charge in [-0.05, 0) is 62.9 Å². The zero-order valence-corrected chi connectivity index (χ0v) is 14.9. The lowest BCUT2D eigenvalue weighted by Gasteiger charge is -2.23. The molecule has 1 aliphatic heterocycles. The van der Waals surface area contributed by atoms with Crippen LogP contribution in [0.15, 0.2) is 18.2 Å². The molecule has 4 heteroatoms. The second-order valence-electron chi connectivity index (χ2n) is 7.38. The predicted octanol–water partition coefficient (Wildman–Crippen LogP) is 3.61. The summed E-state index contributed by atoms with van der Waals surface area (Å²) in [6.07, 6.45) is 3.59. The highest BCUT2D eigenvalue weighted by atomic mass is 16.5. The smallest absolute Gasteiger partial charge is 0.229 e. The van der Waals surface area contributed by atoms with Crippen LogP contribution >= 0.6 is 0 Å². The number of ether oxygens (including phenoxy) is 1. The Kier molecular flexibility index (Phi) is 6.05. The Balaban J connectivity index is 2.12. The first-order valence-electron chi connectivity index (χ1n) is 8.68. The first-order chi connectivity index (χ1) is 10.9. The number of anilines is 1. The quantitative estimate of drug-likeness (QED) is 0.872. The van der Waals surface area contributed by atoms with Crippen LogP contribution < -0.4 is 15.4 Å². The van der Waals surface area contributed by atoms with Gasteiger partial charge in [-0.25, -0.2) is 0 Å². The summed E-state index contributed by atoms with van der Waals surface area (Å²) in [6, 6.07) is 6.16. The summed E-state index contributed by atoms with van der Waals surface area (Å²) in [5.74, 6) is 1.46. The summed E-state index contributed by atoms with van der Waals surface area (Å²) in [7, 11) is 0. The predicted molar refractivity (Wildman–Crippen MR) is 95.0 cm³/mol. The maximum atomic E-state index is 12.2. The Labute approximate surface area is 140 Å². The van der Waals surface area contributed by atoms with Crippen molar-refractivity contribution in [2.75, 3.05) is 25.0 Å². The van der Waals surface area contributed by atoms with Gasteiger partial charge in [-0.2, -0.15) is 0 Å². The number of nitrogens with one attached hydrogen (secondary N) is 2. The molecule has 1 fully saturated rings. The molecule has 0 radical (unpaired) electrons. The van der Waals surface area contributed by atoms with Crippen LogP contribution in [-0.2, 0) is 11.2 Å². The molecular formula is C19H30N2O2. The van der Waals surface area contributed by atoms with Crippen molar-refractivity contribution < 1.29 is 9.53 Å². The molecule has 1 aromatic carbocycles. The van der Waals surface area contributed by atoms with Crippen molar-refractivity contribution in [1.29, 1.82) is 0 Å². The van der Waals surface area contributed by atoms with Crippen LogP contribution in [-0.4, -0.2) is 25.6 Å². The molecule has 128 valence electrons. The van der Waals surface area contributed by atoms with Gasteiger partial charge in [-0.3, -0.25) is 4.79 Å². The molecule has 0 aromatic heterocycles. The molecule has 1 aliphatic rings. The number of carbonyl (C=O) groups is 1. The molecule has 0 aliphatic carbocycles. The van der Waals surface area contributed by atoms with Crippen LogP contribution in [0.5, 0.6) is 5.75 Å². The van der Waals surface area contributed by atoms with E-state index < -0.39 is 5.41 Å². The Morgan fingerprint density at radius 1 is 1.39 bits per heavy atom. The highest BCUT2D eigenvalue weighted by molar-refractivity contribution is 5.95. The Bertz CT molecular complexity index is 529. The SMILES string of the molecule is CCOc1cc(CC2CCCNC2)ccc1NC(=O)C(C)(C)C. The van der Waals surface area contributed by atoms with Gasteiger partial charge in [0.15, 0.2) is 0 Å². The van der Waals surface area contributed by atoms with Crippen LogP contribution in [0.2, 0.25) is 0 Å². The van der Waals surface area contributed by atoms with Crippen molar-refractivity contribution >= 4 is 11.6 Å². The third kappa shape index (κ3) is 5.24. The lowest BCUT2D eigenvalue weighted by atomic mass is 9.92. The van der Waals surface area contributed by atoms with Crippen molar-refractivity contribution in [2.45, 2.75) is 47.0 Å². The summed E-state index contributed by atoms with van der Waals surface area (Å²) in [4.78, 5) is 12.2. The van der Waals surface area contributed by atoms with Gasteiger partial charge in [0.1, 0.15) is 5.75 Å². The van der Waals surface area contributed by atoms with Gasteiger partial charge in [-0.15, -0.1) is 0 Å². The first-order valence-corrected chi connectivity index (χ1v) is 8.68. The first kappa shape index (κ1) is 17.8. The van der Waals surface area contributed by atoms with Crippen molar-refractivity contribution in [2.24, 2.45) is 11.3 Å². The third-order valence-corrected chi connectivity index (χ3v) is 4.20. The monoisotopic (exact) mass is 318 g/mol. The van der Waals surface area contributed by atoms with Crippen LogP contribution in [0.3, 0.4) is 0 Å². The van der Waals surface area contributed by atoms with E-state index >= 15 is 0 Å².